The highest BCUT2D eigenvalue weighted by Gasteiger charge is 2.25. The molecule has 2 nitrogen and oxygen atoms in total. The summed E-state index contributed by atoms with van der Waals surface area (Å²) in [4.78, 5) is 2.21. The van der Waals surface area contributed by atoms with Crippen LogP contribution in [0.2, 0.25) is 0 Å². The van der Waals surface area contributed by atoms with Gasteiger partial charge in [0, 0.05) is 18.8 Å². The van der Waals surface area contributed by atoms with Crippen LogP contribution in [0.5, 0.6) is 0 Å². The van der Waals surface area contributed by atoms with Gasteiger partial charge in [0.25, 0.3) is 0 Å². The Kier molecular flexibility index (Phi) is 2.00. The quantitative estimate of drug-likeness (QED) is 0.702. The molecular formula is C11H15NO. The molecule has 0 atom stereocenters. The normalized spacial score (nSPS) is 17.3. The molecule has 0 unspecified atom stereocenters. The van der Waals surface area contributed by atoms with Crippen LogP contribution in [0.4, 0.5) is 5.69 Å². The van der Waals surface area contributed by atoms with E-state index in [4.69, 9.17) is 0 Å². The number of aliphatic hydroxyl groups excluding tert-OH is 1. The van der Waals surface area contributed by atoms with Crippen molar-refractivity contribution in [3.05, 3.63) is 29.3 Å². The summed E-state index contributed by atoms with van der Waals surface area (Å²) >= 11 is 0. The van der Waals surface area contributed by atoms with E-state index in [1.807, 2.05) is 0 Å². The monoisotopic (exact) mass is 177 g/mol. The van der Waals surface area contributed by atoms with Gasteiger partial charge in [-0.1, -0.05) is 17.7 Å². The zero-order chi connectivity index (χ0) is 9.42. The molecule has 0 amide bonds. The van der Waals surface area contributed by atoms with E-state index in [-0.39, 0.29) is 6.10 Å². The van der Waals surface area contributed by atoms with E-state index in [1.54, 1.807) is 0 Å². The lowest BCUT2D eigenvalue weighted by molar-refractivity contribution is 0.142. The van der Waals surface area contributed by atoms with Crippen LogP contribution in [0.3, 0.4) is 0 Å². The lowest BCUT2D eigenvalue weighted by Gasteiger charge is -2.38. The third kappa shape index (κ3) is 1.54. The Morgan fingerprint density at radius 2 is 2.00 bits per heavy atom. The van der Waals surface area contributed by atoms with E-state index in [0.717, 1.165) is 13.1 Å². The number of β-amino-alcohol motifs (C(OH)–C–C–N with tert-alkyl or cyclic N) is 1. The van der Waals surface area contributed by atoms with E-state index in [1.165, 1.54) is 16.8 Å². The lowest BCUT2D eigenvalue weighted by Crippen LogP contribution is -2.51. The van der Waals surface area contributed by atoms with Crippen LogP contribution in [-0.4, -0.2) is 24.3 Å². The van der Waals surface area contributed by atoms with Gasteiger partial charge < -0.3 is 10.0 Å². The van der Waals surface area contributed by atoms with Gasteiger partial charge in [-0.2, -0.15) is 0 Å². The van der Waals surface area contributed by atoms with Gasteiger partial charge in [0.1, 0.15) is 0 Å². The van der Waals surface area contributed by atoms with Crippen LogP contribution in [-0.2, 0) is 0 Å². The third-order valence-electron chi connectivity index (χ3n) is 2.56. The maximum Gasteiger partial charge on any atom is 0.0889 e. The summed E-state index contributed by atoms with van der Waals surface area (Å²) in [5.74, 6) is 0. The Balaban J connectivity index is 2.21. The standard InChI is InChI=1S/C11H15NO/c1-8-3-4-11(9(2)5-8)12-6-10(13)7-12/h3-5,10,13H,6-7H2,1-2H3. The molecule has 1 saturated heterocycles. The highest BCUT2D eigenvalue weighted by molar-refractivity contribution is 5.56. The zero-order valence-electron chi connectivity index (χ0n) is 8.12. The molecule has 1 aliphatic heterocycles. The molecule has 0 aliphatic carbocycles. The average molecular weight is 177 g/mol. The van der Waals surface area contributed by atoms with Gasteiger partial charge >= 0.3 is 0 Å². The summed E-state index contributed by atoms with van der Waals surface area (Å²) in [6.07, 6.45) is -0.124. The number of hydrogen-bond acceptors (Lipinski definition) is 2. The molecule has 13 heavy (non-hydrogen) atoms. The third-order valence-corrected chi connectivity index (χ3v) is 2.56. The molecule has 1 aliphatic rings. The minimum atomic E-state index is -0.124. The van der Waals surface area contributed by atoms with Crippen molar-refractivity contribution in [1.29, 1.82) is 0 Å². The van der Waals surface area contributed by atoms with E-state index in [2.05, 4.69) is 36.9 Å². The molecule has 0 bridgehead atoms. The van der Waals surface area contributed by atoms with Gasteiger partial charge in [-0.05, 0) is 25.5 Å². The Morgan fingerprint density at radius 3 is 2.54 bits per heavy atom. The molecule has 1 N–H and O–H groups in total. The predicted molar refractivity (Wildman–Crippen MR) is 54.1 cm³/mol. The second-order valence-corrected chi connectivity index (χ2v) is 3.85. The number of rotatable bonds is 1. The van der Waals surface area contributed by atoms with Gasteiger partial charge in [-0.25, -0.2) is 0 Å². The minimum absolute atomic E-state index is 0.124. The van der Waals surface area contributed by atoms with Crippen molar-refractivity contribution in [2.45, 2.75) is 20.0 Å². The topological polar surface area (TPSA) is 23.5 Å². The zero-order valence-corrected chi connectivity index (χ0v) is 8.12. The summed E-state index contributed by atoms with van der Waals surface area (Å²) in [5, 5.41) is 9.18. The van der Waals surface area contributed by atoms with Crippen LogP contribution in [0, 0.1) is 13.8 Å². The van der Waals surface area contributed by atoms with E-state index >= 15 is 0 Å². The molecule has 1 heterocycles. The number of anilines is 1. The Morgan fingerprint density at radius 1 is 1.31 bits per heavy atom. The van der Waals surface area contributed by atoms with E-state index in [9.17, 15) is 5.11 Å². The first-order valence-electron chi connectivity index (χ1n) is 4.67. The fourth-order valence-electron chi connectivity index (χ4n) is 1.81. The summed E-state index contributed by atoms with van der Waals surface area (Å²) in [7, 11) is 0. The van der Waals surface area contributed by atoms with Gasteiger partial charge in [0.05, 0.1) is 6.10 Å². The molecule has 1 fully saturated rings. The smallest absolute Gasteiger partial charge is 0.0889 e. The van der Waals surface area contributed by atoms with Crippen LogP contribution in [0.15, 0.2) is 18.2 Å². The molecule has 1 aromatic rings. The van der Waals surface area contributed by atoms with E-state index < -0.39 is 0 Å². The highest BCUT2D eigenvalue weighted by atomic mass is 16.3. The highest BCUT2D eigenvalue weighted by Crippen LogP contribution is 2.25. The second-order valence-electron chi connectivity index (χ2n) is 3.85. The lowest BCUT2D eigenvalue weighted by atomic mass is 10.1. The second kappa shape index (κ2) is 3.04. The van der Waals surface area contributed by atoms with Crippen molar-refractivity contribution in [2.75, 3.05) is 18.0 Å². The summed E-state index contributed by atoms with van der Waals surface area (Å²) in [6.45, 7) is 5.78. The van der Waals surface area contributed by atoms with E-state index in [0.29, 0.717) is 0 Å². The molecule has 0 spiro atoms. The van der Waals surface area contributed by atoms with Crippen LogP contribution >= 0.6 is 0 Å². The van der Waals surface area contributed by atoms with Crippen molar-refractivity contribution in [1.82, 2.24) is 0 Å². The van der Waals surface area contributed by atoms with Crippen molar-refractivity contribution in [3.63, 3.8) is 0 Å². The van der Waals surface area contributed by atoms with Gasteiger partial charge in [0.15, 0.2) is 0 Å². The number of aliphatic hydroxyl groups is 1. The summed E-state index contributed by atoms with van der Waals surface area (Å²) in [6, 6.07) is 6.43. The van der Waals surface area contributed by atoms with Crippen molar-refractivity contribution in [3.8, 4) is 0 Å². The van der Waals surface area contributed by atoms with Crippen molar-refractivity contribution in [2.24, 2.45) is 0 Å². The number of hydrogen-bond donors (Lipinski definition) is 1. The Hall–Kier alpha value is -1.02. The molecule has 70 valence electrons. The molecular weight excluding hydrogens is 162 g/mol. The number of aryl methyl sites for hydroxylation is 2. The predicted octanol–water partition coefficient (Wildman–Crippen LogP) is 1.48. The van der Waals surface area contributed by atoms with Gasteiger partial charge in [-0.3, -0.25) is 0 Å². The molecule has 2 heteroatoms. The van der Waals surface area contributed by atoms with Crippen LogP contribution in [0.1, 0.15) is 11.1 Å². The minimum Gasteiger partial charge on any atom is -0.389 e. The molecule has 0 aromatic heterocycles. The first-order valence-corrected chi connectivity index (χ1v) is 4.67. The molecule has 2 rings (SSSR count). The molecule has 0 saturated carbocycles. The summed E-state index contributed by atoms with van der Waals surface area (Å²) < 4.78 is 0. The Bertz CT molecular complexity index is 316. The number of nitrogens with zero attached hydrogens (tertiary/aromatic N) is 1. The average Bonchev–Trinajstić information content (AvgIpc) is 2.00. The first kappa shape index (κ1) is 8.57. The van der Waals surface area contributed by atoms with Crippen LogP contribution < -0.4 is 4.90 Å². The number of benzene rings is 1. The Labute approximate surface area is 78.8 Å². The fourth-order valence-corrected chi connectivity index (χ4v) is 1.81. The van der Waals surface area contributed by atoms with Gasteiger partial charge in [0.2, 0.25) is 0 Å². The first-order chi connectivity index (χ1) is 6.16. The molecule has 1 aromatic carbocycles. The largest absolute Gasteiger partial charge is 0.389 e. The molecule has 0 radical (unpaired) electrons. The maximum atomic E-state index is 9.18. The van der Waals surface area contributed by atoms with Crippen molar-refractivity contribution < 1.29 is 5.11 Å². The maximum absolute atomic E-state index is 9.18. The van der Waals surface area contributed by atoms with Gasteiger partial charge in [-0.15, -0.1) is 0 Å². The SMILES string of the molecule is Cc1ccc(N2CC(O)C2)c(C)c1. The summed E-state index contributed by atoms with van der Waals surface area (Å²) in [5.41, 5.74) is 3.85. The fraction of sp³-hybridized carbons (Fsp3) is 0.455. The van der Waals surface area contributed by atoms with Crippen molar-refractivity contribution >= 4 is 5.69 Å². The van der Waals surface area contributed by atoms with Crippen LogP contribution in [0.25, 0.3) is 0 Å².